The van der Waals surface area contributed by atoms with Crippen molar-refractivity contribution in [3.8, 4) is 0 Å². The van der Waals surface area contributed by atoms with Gasteiger partial charge in [0.05, 0.1) is 18.4 Å². The van der Waals surface area contributed by atoms with E-state index >= 15 is 0 Å². The van der Waals surface area contributed by atoms with Gasteiger partial charge in [-0.1, -0.05) is 19.1 Å². The maximum Gasteiger partial charge on any atom is 0.338 e. The lowest BCUT2D eigenvalue weighted by Crippen LogP contribution is -2.48. The molecule has 0 saturated heterocycles. The number of urea groups is 1. The van der Waals surface area contributed by atoms with Gasteiger partial charge in [-0.15, -0.1) is 0 Å². The van der Waals surface area contributed by atoms with Crippen LogP contribution in [0.1, 0.15) is 31.2 Å². The van der Waals surface area contributed by atoms with Crippen molar-refractivity contribution in [1.82, 2.24) is 15.5 Å². The molecule has 1 aromatic carbocycles. The Morgan fingerprint density at radius 1 is 1.13 bits per heavy atom. The molecule has 0 fully saturated rings. The number of hydrogen-bond acceptors (Lipinski definition) is 6. The fourth-order valence-electron chi connectivity index (χ4n) is 3.52. The molecule has 0 bridgehead atoms. The van der Waals surface area contributed by atoms with Gasteiger partial charge in [-0.05, 0) is 43.3 Å². The maximum absolute atomic E-state index is 12.8. The highest BCUT2D eigenvalue weighted by Crippen LogP contribution is 2.28. The summed E-state index contributed by atoms with van der Waals surface area (Å²) in [6, 6.07) is 10.7. The molecule has 1 atom stereocenters. The highest BCUT2D eigenvalue weighted by Gasteiger charge is 2.35. The fourth-order valence-corrected chi connectivity index (χ4v) is 3.52. The fraction of sp³-hybridized carbons (Fsp3) is 0.391. The van der Waals surface area contributed by atoms with Crippen molar-refractivity contribution in [1.29, 1.82) is 0 Å². The van der Waals surface area contributed by atoms with Gasteiger partial charge in [0.2, 0.25) is 0 Å². The normalized spacial score (nSPS) is 16.2. The van der Waals surface area contributed by atoms with Crippen LogP contribution in [0.4, 0.5) is 10.5 Å². The molecule has 1 aliphatic heterocycles. The van der Waals surface area contributed by atoms with Gasteiger partial charge < -0.3 is 24.7 Å². The molecule has 31 heavy (non-hydrogen) atoms. The molecule has 0 spiro atoms. The second-order valence-electron chi connectivity index (χ2n) is 7.52. The third kappa shape index (κ3) is 5.46. The minimum absolute atomic E-state index is 0.240. The second-order valence-corrected chi connectivity index (χ2v) is 7.52. The molecule has 1 aliphatic rings. The monoisotopic (exact) mass is 426 g/mol. The van der Waals surface area contributed by atoms with Gasteiger partial charge >= 0.3 is 12.0 Å². The van der Waals surface area contributed by atoms with Gasteiger partial charge in [-0.2, -0.15) is 0 Å². The van der Waals surface area contributed by atoms with Gasteiger partial charge in [-0.3, -0.25) is 4.90 Å². The first-order valence-corrected chi connectivity index (χ1v) is 10.4. The lowest BCUT2D eigenvalue weighted by atomic mass is 9.99. The summed E-state index contributed by atoms with van der Waals surface area (Å²) in [5.41, 5.74) is 3.16. The summed E-state index contributed by atoms with van der Waals surface area (Å²) < 4.78 is 10.8. The van der Waals surface area contributed by atoms with E-state index in [-0.39, 0.29) is 12.6 Å². The Labute approximate surface area is 182 Å². The van der Waals surface area contributed by atoms with E-state index in [0.29, 0.717) is 30.1 Å². The summed E-state index contributed by atoms with van der Waals surface area (Å²) in [6.45, 7) is 5.85. The predicted molar refractivity (Wildman–Crippen MR) is 118 cm³/mol. The molecular formula is C23H30N4O4. The molecule has 3 rings (SSSR count). The van der Waals surface area contributed by atoms with Crippen molar-refractivity contribution >= 4 is 17.7 Å². The highest BCUT2D eigenvalue weighted by molar-refractivity contribution is 5.95. The lowest BCUT2D eigenvalue weighted by Gasteiger charge is -2.31. The van der Waals surface area contributed by atoms with E-state index in [9.17, 15) is 9.59 Å². The molecule has 2 amide bonds. The van der Waals surface area contributed by atoms with Crippen LogP contribution in [0.25, 0.3) is 0 Å². The Balaban J connectivity index is 1.88. The van der Waals surface area contributed by atoms with E-state index in [1.54, 1.807) is 19.1 Å². The number of ether oxygens (including phenoxy) is 1. The van der Waals surface area contributed by atoms with Crippen LogP contribution in [0.5, 0.6) is 0 Å². The van der Waals surface area contributed by atoms with E-state index in [1.807, 2.05) is 21.0 Å². The molecule has 2 aromatic rings. The number of likely N-dealkylation sites (N-methyl/N-ethyl adjacent to an activating group) is 1. The molecule has 0 aliphatic carbocycles. The molecule has 2 N–H and O–H groups in total. The number of hydrogen-bond donors (Lipinski definition) is 2. The Kier molecular flexibility index (Phi) is 7.36. The Morgan fingerprint density at radius 3 is 2.45 bits per heavy atom. The van der Waals surface area contributed by atoms with Crippen molar-refractivity contribution < 1.29 is 18.7 Å². The van der Waals surface area contributed by atoms with Crippen molar-refractivity contribution in [3.05, 3.63) is 65.3 Å². The highest BCUT2D eigenvalue weighted by atomic mass is 16.5. The van der Waals surface area contributed by atoms with Crippen LogP contribution < -0.4 is 15.5 Å². The summed E-state index contributed by atoms with van der Waals surface area (Å²) in [5.74, 6) is 0.00974. The minimum Gasteiger partial charge on any atom is -0.467 e. The Hall–Kier alpha value is -3.26. The first-order chi connectivity index (χ1) is 14.9. The average Bonchev–Trinajstić information content (AvgIpc) is 3.28. The molecular weight excluding hydrogens is 396 g/mol. The zero-order chi connectivity index (χ0) is 22.4. The van der Waals surface area contributed by atoms with Crippen LogP contribution in [0, 0.1) is 0 Å². The molecule has 0 radical (unpaired) electrons. The van der Waals surface area contributed by atoms with E-state index in [0.717, 1.165) is 17.8 Å². The third-order valence-corrected chi connectivity index (χ3v) is 5.16. The lowest BCUT2D eigenvalue weighted by molar-refractivity contribution is -0.139. The van der Waals surface area contributed by atoms with Crippen molar-refractivity contribution in [2.24, 2.45) is 0 Å². The van der Waals surface area contributed by atoms with Crippen molar-refractivity contribution in [3.63, 3.8) is 0 Å². The minimum atomic E-state index is -0.698. The number of anilines is 1. The predicted octanol–water partition coefficient (Wildman–Crippen LogP) is 3.04. The van der Waals surface area contributed by atoms with Gasteiger partial charge in [0.1, 0.15) is 11.8 Å². The zero-order valence-corrected chi connectivity index (χ0v) is 18.5. The van der Waals surface area contributed by atoms with Crippen LogP contribution in [-0.2, 0) is 16.1 Å². The summed E-state index contributed by atoms with van der Waals surface area (Å²) >= 11 is 0. The smallest absolute Gasteiger partial charge is 0.338 e. The van der Waals surface area contributed by atoms with E-state index in [2.05, 4.69) is 44.7 Å². The summed E-state index contributed by atoms with van der Waals surface area (Å²) in [6.07, 6.45) is 1.52. The first kappa shape index (κ1) is 22.4. The van der Waals surface area contributed by atoms with Crippen LogP contribution in [0.2, 0.25) is 0 Å². The Morgan fingerprint density at radius 2 is 1.87 bits per heavy atom. The summed E-state index contributed by atoms with van der Waals surface area (Å²) in [7, 11) is 4.01. The van der Waals surface area contributed by atoms with Gasteiger partial charge in [0.15, 0.2) is 0 Å². The molecule has 2 heterocycles. The number of carbonyl (C=O) groups is 2. The van der Waals surface area contributed by atoms with Crippen molar-refractivity contribution in [2.75, 3.05) is 38.7 Å². The number of esters is 1. The topological polar surface area (TPSA) is 87.0 Å². The average molecular weight is 427 g/mol. The van der Waals surface area contributed by atoms with E-state index < -0.39 is 12.0 Å². The number of nitrogens with zero attached hydrogens (tertiary/aromatic N) is 2. The Bertz CT molecular complexity index is 920. The summed E-state index contributed by atoms with van der Waals surface area (Å²) in [4.78, 5) is 29.4. The number of benzene rings is 1. The number of rotatable bonds is 9. The van der Waals surface area contributed by atoms with Crippen molar-refractivity contribution in [2.45, 2.75) is 26.4 Å². The second kappa shape index (κ2) is 10.2. The molecule has 8 nitrogen and oxygen atoms in total. The van der Waals surface area contributed by atoms with Crippen LogP contribution in [-0.4, -0.2) is 50.7 Å². The van der Waals surface area contributed by atoms with E-state index in [1.165, 1.54) is 6.26 Å². The first-order valence-electron chi connectivity index (χ1n) is 10.4. The van der Waals surface area contributed by atoms with Gasteiger partial charge in [0.25, 0.3) is 0 Å². The molecule has 0 unspecified atom stereocenters. The summed E-state index contributed by atoms with van der Waals surface area (Å²) in [5, 5.41) is 5.58. The molecule has 8 heteroatoms. The van der Waals surface area contributed by atoms with E-state index in [4.69, 9.17) is 9.15 Å². The van der Waals surface area contributed by atoms with Gasteiger partial charge in [-0.25, -0.2) is 9.59 Å². The number of nitrogens with one attached hydrogen (secondary N) is 2. The molecule has 166 valence electrons. The number of furan rings is 1. The number of carbonyl (C=O) groups excluding carboxylic acids is 2. The number of amides is 2. The molecule has 1 aromatic heterocycles. The van der Waals surface area contributed by atoms with Gasteiger partial charge in [0, 0.05) is 38.6 Å². The molecule has 0 saturated carbocycles. The SMILES string of the molecule is CCOC(=O)C1=C(CN(CC)Cc2ccc(N(C)C)cc2)NC(=O)N[C@H]1c1ccco1. The maximum atomic E-state index is 12.8. The zero-order valence-electron chi connectivity index (χ0n) is 18.5. The van der Waals surface area contributed by atoms with Crippen LogP contribution in [0.15, 0.2) is 58.3 Å². The quantitative estimate of drug-likeness (QED) is 0.600. The third-order valence-electron chi connectivity index (χ3n) is 5.16. The van der Waals surface area contributed by atoms with Crippen LogP contribution in [0.3, 0.4) is 0 Å². The standard InChI is InChI=1S/C23H30N4O4/c1-5-27(14-16-9-11-17(12-10-16)26(3)4)15-18-20(22(28)30-6-2)21(25-23(29)24-18)19-8-7-13-31-19/h7-13,21H,5-6,14-15H2,1-4H3,(H2,24,25,29)/t21-/m0/s1. The van der Waals surface area contributed by atoms with Crippen LogP contribution >= 0.6 is 0 Å². The largest absolute Gasteiger partial charge is 0.467 e.